The Hall–Kier alpha value is -2.81. The van der Waals surface area contributed by atoms with E-state index in [-0.39, 0.29) is 12.0 Å². The fourth-order valence-electron chi connectivity index (χ4n) is 2.89. The number of hydrogen-bond acceptors (Lipinski definition) is 8. The molecule has 3 aromatic rings. The van der Waals surface area contributed by atoms with Crippen LogP contribution in [0.3, 0.4) is 0 Å². The van der Waals surface area contributed by atoms with Gasteiger partial charge < -0.3 is 14.5 Å². The van der Waals surface area contributed by atoms with E-state index in [1.54, 1.807) is 29.4 Å². The topological polar surface area (TPSA) is 84.3 Å². The van der Waals surface area contributed by atoms with E-state index < -0.39 is 0 Å². The summed E-state index contributed by atoms with van der Waals surface area (Å²) in [6.45, 7) is 1.18. The van der Waals surface area contributed by atoms with Gasteiger partial charge in [-0.15, -0.1) is 0 Å². The van der Waals surface area contributed by atoms with E-state index in [4.69, 9.17) is 4.74 Å². The summed E-state index contributed by atoms with van der Waals surface area (Å²) in [6.07, 6.45) is 3.96. The minimum Gasteiger partial charge on any atom is -0.471 e. The van der Waals surface area contributed by atoms with Crippen LogP contribution in [-0.4, -0.2) is 62.8 Å². The van der Waals surface area contributed by atoms with E-state index in [9.17, 15) is 4.79 Å². The molecule has 0 bridgehead atoms. The third-order valence-corrected chi connectivity index (χ3v) is 4.83. The maximum atomic E-state index is 12.7. The fraction of sp³-hybridized carbons (Fsp3) is 0.353. The zero-order valence-corrected chi connectivity index (χ0v) is 15.3. The van der Waals surface area contributed by atoms with Gasteiger partial charge in [-0.3, -0.25) is 9.78 Å². The smallest absolute Gasteiger partial charge is 0.254 e. The van der Waals surface area contributed by atoms with Crippen LogP contribution in [0.5, 0.6) is 5.88 Å². The number of anilines is 1. The van der Waals surface area contributed by atoms with Gasteiger partial charge in [0.2, 0.25) is 5.88 Å². The average Bonchev–Trinajstić information content (AvgIpc) is 3.30. The highest BCUT2D eigenvalue weighted by molar-refractivity contribution is 7.00. The molecule has 1 amide bonds. The third-order valence-electron chi connectivity index (χ3n) is 4.28. The summed E-state index contributed by atoms with van der Waals surface area (Å²) < 4.78 is 14.3. The molecular weight excluding hydrogens is 352 g/mol. The van der Waals surface area contributed by atoms with E-state index in [1.807, 2.05) is 25.1 Å². The highest BCUT2D eigenvalue weighted by Crippen LogP contribution is 2.21. The van der Waals surface area contributed by atoms with Gasteiger partial charge in [-0.25, -0.2) is 0 Å². The number of carbonyl (C=O) groups is 1. The molecule has 3 heterocycles. The summed E-state index contributed by atoms with van der Waals surface area (Å²) in [7, 11) is 3.80. The highest BCUT2D eigenvalue weighted by atomic mass is 32.1. The van der Waals surface area contributed by atoms with Crippen LogP contribution in [0, 0.1) is 0 Å². The van der Waals surface area contributed by atoms with Gasteiger partial charge in [0.15, 0.2) is 5.82 Å². The van der Waals surface area contributed by atoms with Crippen LogP contribution in [0.1, 0.15) is 16.8 Å². The Labute approximate surface area is 154 Å². The molecule has 1 saturated heterocycles. The van der Waals surface area contributed by atoms with E-state index in [0.29, 0.717) is 24.5 Å². The molecule has 8 nitrogen and oxygen atoms in total. The van der Waals surface area contributed by atoms with Crippen LogP contribution in [0.2, 0.25) is 0 Å². The number of amides is 1. The van der Waals surface area contributed by atoms with Crippen LogP contribution in [0.4, 0.5) is 5.82 Å². The number of aromatic nitrogens is 4. The number of benzene rings is 1. The van der Waals surface area contributed by atoms with Crippen LogP contribution in [0.15, 0.2) is 30.6 Å². The van der Waals surface area contributed by atoms with Crippen molar-refractivity contribution in [1.82, 2.24) is 23.6 Å². The molecule has 26 heavy (non-hydrogen) atoms. The molecule has 4 rings (SSSR count). The number of hydrogen-bond donors (Lipinski definition) is 0. The van der Waals surface area contributed by atoms with E-state index in [1.165, 1.54) is 0 Å². The molecule has 0 spiro atoms. The van der Waals surface area contributed by atoms with Gasteiger partial charge in [-0.1, -0.05) is 0 Å². The molecule has 0 radical (unpaired) electrons. The second kappa shape index (κ2) is 6.83. The predicted octanol–water partition coefficient (Wildman–Crippen LogP) is 1.84. The maximum absolute atomic E-state index is 12.7. The Balaban J connectivity index is 1.43. The SMILES string of the molecule is CN(C)c1cncc(OC2CCN(C(=O)c3ccc4nsnc4c3)C2)n1. The molecule has 1 aliphatic heterocycles. The summed E-state index contributed by atoms with van der Waals surface area (Å²) in [5, 5.41) is 0. The summed E-state index contributed by atoms with van der Waals surface area (Å²) >= 11 is 1.15. The van der Waals surface area contributed by atoms with Crippen molar-refractivity contribution in [1.29, 1.82) is 0 Å². The first kappa shape index (κ1) is 16.6. The summed E-state index contributed by atoms with van der Waals surface area (Å²) in [4.78, 5) is 25.0. The zero-order valence-electron chi connectivity index (χ0n) is 14.5. The number of rotatable bonds is 4. The average molecular weight is 370 g/mol. The molecular formula is C17H18N6O2S. The molecule has 2 aromatic heterocycles. The molecule has 134 valence electrons. The summed E-state index contributed by atoms with van der Waals surface area (Å²) in [5.41, 5.74) is 2.19. The van der Waals surface area contributed by atoms with E-state index in [2.05, 4.69) is 18.7 Å². The van der Waals surface area contributed by atoms with Crippen molar-refractivity contribution in [2.24, 2.45) is 0 Å². The van der Waals surface area contributed by atoms with Crippen LogP contribution < -0.4 is 9.64 Å². The van der Waals surface area contributed by atoms with E-state index >= 15 is 0 Å². The summed E-state index contributed by atoms with van der Waals surface area (Å²) in [6, 6.07) is 5.42. The van der Waals surface area contributed by atoms with Crippen molar-refractivity contribution in [3.05, 3.63) is 36.2 Å². The first-order valence-corrected chi connectivity index (χ1v) is 9.01. The number of likely N-dealkylation sites (tertiary alicyclic amines) is 1. The lowest BCUT2D eigenvalue weighted by Gasteiger charge is -2.17. The van der Waals surface area contributed by atoms with Gasteiger partial charge >= 0.3 is 0 Å². The Morgan fingerprint density at radius 3 is 2.96 bits per heavy atom. The Kier molecular flexibility index (Phi) is 4.37. The van der Waals surface area contributed by atoms with Crippen LogP contribution in [0.25, 0.3) is 11.0 Å². The molecule has 9 heteroatoms. The number of ether oxygens (including phenoxy) is 1. The van der Waals surface area contributed by atoms with Gasteiger partial charge in [0.25, 0.3) is 5.91 Å². The summed E-state index contributed by atoms with van der Waals surface area (Å²) in [5.74, 6) is 1.20. The highest BCUT2D eigenvalue weighted by Gasteiger charge is 2.29. The quantitative estimate of drug-likeness (QED) is 0.693. The van der Waals surface area contributed by atoms with Crippen molar-refractivity contribution in [3.8, 4) is 5.88 Å². The first-order valence-electron chi connectivity index (χ1n) is 8.28. The van der Waals surface area contributed by atoms with Crippen molar-refractivity contribution in [2.45, 2.75) is 12.5 Å². The van der Waals surface area contributed by atoms with Gasteiger partial charge in [0, 0.05) is 32.6 Å². The molecule has 0 aliphatic carbocycles. The van der Waals surface area contributed by atoms with Gasteiger partial charge in [-0.05, 0) is 18.2 Å². The molecule has 1 aromatic carbocycles. The largest absolute Gasteiger partial charge is 0.471 e. The van der Waals surface area contributed by atoms with Crippen molar-refractivity contribution in [3.63, 3.8) is 0 Å². The second-order valence-corrected chi connectivity index (χ2v) is 6.89. The van der Waals surface area contributed by atoms with E-state index in [0.717, 1.165) is 35.0 Å². The minimum absolute atomic E-state index is 0.0147. The van der Waals surface area contributed by atoms with Crippen LogP contribution in [-0.2, 0) is 0 Å². The Morgan fingerprint density at radius 1 is 1.27 bits per heavy atom. The predicted molar refractivity (Wildman–Crippen MR) is 98.7 cm³/mol. The molecule has 1 fully saturated rings. The van der Waals surface area contributed by atoms with Gasteiger partial charge in [-0.2, -0.15) is 13.7 Å². The molecule has 0 saturated carbocycles. The van der Waals surface area contributed by atoms with Crippen LogP contribution >= 0.6 is 11.7 Å². The maximum Gasteiger partial charge on any atom is 0.254 e. The van der Waals surface area contributed by atoms with Gasteiger partial charge in [0.05, 0.1) is 30.7 Å². The molecule has 1 aliphatic rings. The van der Waals surface area contributed by atoms with Crippen molar-refractivity contribution >= 4 is 34.5 Å². The first-order chi connectivity index (χ1) is 12.6. The normalized spacial score (nSPS) is 16.8. The Bertz CT molecular complexity index is 944. The van der Waals surface area contributed by atoms with Crippen molar-refractivity contribution < 1.29 is 9.53 Å². The number of nitrogens with zero attached hydrogens (tertiary/aromatic N) is 6. The fourth-order valence-corrected chi connectivity index (χ4v) is 3.41. The number of fused-ring (bicyclic) bond motifs is 1. The monoisotopic (exact) mass is 370 g/mol. The zero-order chi connectivity index (χ0) is 18.1. The van der Waals surface area contributed by atoms with Gasteiger partial charge in [0.1, 0.15) is 17.1 Å². The number of carbonyl (C=O) groups excluding carboxylic acids is 1. The second-order valence-electron chi connectivity index (χ2n) is 6.36. The molecule has 1 unspecified atom stereocenters. The lowest BCUT2D eigenvalue weighted by Crippen LogP contribution is -2.31. The molecule has 0 N–H and O–H groups in total. The lowest BCUT2D eigenvalue weighted by molar-refractivity contribution is 0.0771. The van der Waals surface area contributed by atoms with Crippen molar-refractivity contribution in [2.75, 3.05) is 32.1 Å². The minimum atomic E-state index is -0.0877. The third kappa shape index (κ3) is 3.30. The lowest BCUT2D eigenvalue weighted by atomic mass is 10.2. The Morgan fingerprint density at radius 2 is 2.12 bits per heavy atom. The molecule has 1 atom stereocenters. The standard InChI is InChI=1S/C17H18N6O2S/c1-22(2)15-8-18-9-16(19-15)25-12-5-6-23(10-12)17(24)11-3-4-13-14(7-11)21-26-20-13/h3-4,7-9,12H,5-6,10H2,1-2H3.